The topological polar surface area (TPSA) is 39.1 Å². The van der Waals surface area contributed by atoms with E-state index in [0.29, 0.717) is 12.1 Å². The number of rotatable bonds is 7. The van der Waals surface area contributed by atoms with Crippen LogP contribution in [0.2, 0.25) is 0 Å². The average molecular weight is 277 g/mol. The van der Waals surface area contributed by atoms with Gasteiger partial charge in [-0.25, -0.2) is 4.98 Å². The van der Waals surface area contributed by atoms with E-state index in [1.807, 2.05) is 12.5 Å². The van der Waals surface area contributed by atoms with E-state index in [0.717, 1.165) is 32.1 Å². The van der Waals surface area contributed by atoms with Crippen LogP contribution in [-0.4, -0.2) is 28.8 Å². The van der Waals surface area contributed by atoms with Crippen molar-refractivity contribution in [2.45, 2.75) is 64.1 Å². The number of hydrogen-bond acceptors (Lipinski definition) is 3. The normalized spacial score (nSPS) is 26.9. The zero-order valence-corrected chi connectivity index (χ0v) is 12.6. The van der Waals surface area contributed by atoms with E-state index in [-0.39, 0.29) is 0 Å². The number of piperidine rings is 1. The lowest BCUT2D eigenvalue weighted by Crippen LogP contribution is -2.35. The molecule has 20 heavy (non-hydrogen) atoms. The number of imidazole rings is 1. The van der Waals surface area contributed by atoms with Crippen molar-refractivity contribution >= 4 is 0 Å². The molecule has 2 atom stereocenters. The van der Waals surface area contributed by atoms with Gasteiger partial charge in [-0.05, 0) is 51.4 Å². The maximum atomic E-state index is 5.71. The minimum atomic E-state index is 0.480. The van der Waals surface area contributed by atoms with Crippen molar-refractivity contribution in [3.05, 3.63) is 18.2 Å². The Bertz CT molecular complexity index is 414. The largest absolute Gasteiger partial charge is 0.381 e. The van der Waals surface area contributed by atoms with Gasteiger partial charge in [0.05, 0.1) is 12.0 Å². The SMILES string of the molecule is CC1CCCC(c2cncn2CCCOCC2CC2)N1. The fourth-order valence-electron chi connectivity index (χ4n) is 3.05. The van der Waals surface area contributed by atoms with Crippen LogP contribution in [0.5, 0.6) is 0 Å². The molecule has 4 nitrogen and oxygen atoms in total. The highest BCUT2D eigenvalue weighted by Gasteiger charge is 2.22. The minimum absolute atomic E-state index is 0.480. The number of hydrogen-bond donors (Lipinski definition) is 1. The first-order chi connectivity index (χ1) is 9.83. The Hall–Kier alpha value is -0.870. The summed E-state index contributed by atoms with van der Waals surface area (Å²) in [6.45, 7) is 5.15. The van der Waals surface area contributed by atoms with Gasteiger partial charge in [0.2, 0.25) is 0 Å². The van der Waals surface area contributed by atoms with Crippen molar-refractivity contribution in [3.63, 3.8) is 0 Å². The van der Waals surface area contributed by atoms with E-state index in [1.165, 1.54) is 37.8 Å². The summed E-state index contributed by atoms with van der Waals surface area (Å²) in [6.07, 6.45) is 11.7. The molecule has 0 spiro atoms. The van der Waals surface area contributed by atoms with Crippen LogP contribution in [0.25, 0.3) is 0 Å². The van der Waals surface area contributed by atoms with Gasteiger partial charge in [-0.1, -0.05) is 0 Å². The predicted octanol–water partition coefficient (Wildman–Crippen LogP) is 2.90. The summed E-state index contributed by atoms with van der Waals surface area (Å²) in [4.78, 5) is 4.34. The van der Waals surface area contributed by atoms with E-state index >= 15 is 0 Å². The fourth-order valence-corrected chi connectivity index (χ4v) is 3.05. The first-order valence-electron chi connectivity index (χ1n) is 8.17. The Morgan fingerprint density at radius 2 is 2.25 bits per heavy atom. The van der Waals surface area contributed by atoms with Gasteiger partial charge in [0.15, 0.2) is 0 Å². The van der Waals surface area contributed by atoms with Crippen molar-refractivity contribution in [3.8, 4) is 0 Å². The Morgan fingerprint density at radius 1 is 1.35 bits per heavy atom. The molecule has 0 amide bonds. The van der Waals surface area contributed by atoms with Crippen LogP contribution in [0.15, 0.2) is 12.5 Å². The van der Waals surface area contributed by atoms with Crippen molar-refractivity contribution in [2.24, 2.45) is 5.92 Å². The Morgan fingerprint density at radius 3 is 3.05 bits per heavy atom. The number of aromatic nitrogens is 2. The van der Waals surface area contributed by atoms with Crippen molar-refractivity contribution < 1.29 is 4.74 Å². The molecule has 2 aliphatic rings. The van der Waals surface area contributed by atoms with Crippen molar-refractivity contribution in [1.82, 2.24) is 14.9 Å². The molecule has 1 aliphatic heterocycles. The van der Waals surface area contributed by atoms with Gasteiger partial charge in [-0.3, -0.25) is 0 Å². The zero-order valence-electron chi connectivity index (χ0n) is 12.6. The summed E-state index contributed by atoms with van der Waals surface area (Å²) in [5.41, 5.74) is 1.35. The number of ether oxygens (including phenoxy) is 1. The maximum Gasteiger partial charge on any atom is 0.0948 e. The maximum absolute atomic E-state index is 5.71. The van der Waals surface area contributed by atoms with Crippen molar-refractivity contribution in [1.29, 1.82) is 0 Å². The van der Waals surface area contributed by atoms with Gasteiger partial charge in [0.25, 0.3) is 0 Å². The van der Waals surface area contributed by atoms with Crippen LogP contribution < -0.4 is 5.32 Å². The van der Waals surface area contributed by atoms with E-state index in [2.05, 4.69) is 21.8 Å². The molecule has 1 saturated heterocycles. The average Bonchev–Trinajstić information content (AvgIpc) is 3.15. The minimum Gasteiger partial charge on any atom is -0.381 e. The van der Waals surface area contributed by atoms with E-state index in [9.17, 15) is 0 Å². The van der Waals surface area contributed by atoms with Gasteiger partial charge < -0.3 is 14.6 Å². The first-order valence-corrected chi connectivity index (χ1v) is 8.17. The molecule has 0 aromatic carbocycles. The van der Waals surface area contributed by atoms with Gasteiger partial charge in [-0.2, -0.15) is 0 Å². The third kappa shape index (κ3) is 3.83. The monoisotopic (exact) mass is 277 g/mol. The zero-order chi connectivity index (χ0) is 13.8. The molecule has 3 rings (SSSR count). The smallest absolute Gasteiger partial charge is 0.0948 e. The molecule has 2 unspecified atom stereocenters. The van der Waals surface area contributed by atoms with Crippen LogP contribution in [0.3, 0.4) is 0 Å². The van der Waals surface area contributed by atoms with Crippen LogP contribution in [0.4, 0.5) is 0 Å². The molecule has 1 aromatic heterocycles. The van der Waals surface area contributed by atoms with Crippen LogP contribution in [0, 0.1) is 5.92 Å². The molecule has 1 aromatic rings. The van der Waals surface area contributed by atoms with Gasteiger partial charge in [0.1, 0.15) is 0 Å². The molecule has 1 N–H and O–H groups in total. The van der Waals surface area contributed by atoms with Crippen LogP contribution in [-0.2, 0) is 11.3 Å². The molecule has 1 aliphatic carbocycles. The Kier molecular flexibility index (Phi) is 4.73. The lowest BCUT2D eigenvalue weighted by Gasteiger charge is -2.29. The molecular formula is C16H27N3O. The lowest BCUT2D eigenvalue weighted by molar-refractivity contribution is 0.119. The lowest BCUT2D eigenvalue weighted by atomic mass is 9.97. The molecule has 2 heterocycles. The van der Waals surface area contributed by atoms with E-state index in [1.54, 1.807) is 0 Å². The third-order valence-electron chi connectivity index (χ3n) is 4.46. The number of nitrogens with one attached hydrogen (secondary N) is 1. The van der Waals surface area contributed by atoms with Gasteiger partial charge >= 0.3 is 0 Å². The molecule has 2 fully saturated rings. The van der Waals surface area contributed by atoms with Crippen LogP contribution >= 0.6 is 0 Å². The predicted molar refractivity (Wildman–Crippen MR) is 79.6 cm³/mol. The fraction of sp³-hybridized carbons (Fsp3) is 0.812. The van der Waals surface area contributed by atoms with E-state index < -0.39 is 0 Å². The second-order valence-electron chi connectivity index (χ2n) is 6.43. The highest BCUT2D eigenvalue weighted by Crippen LogP contribution is 2.29. The van der Waals surface area contributed by atoms with Crippen LogP contribution in [0.1, 0.15) is 57.2 Å². The summed E-state index contributed by atoms with van der Waals surface area (Å²) in [5.74, 6) is 0.867. The summed E-state index contributed by atoms with van der Waals surface area (Å²) in [5, 5.41) is 3.69. The molecule has 1 saturated carbocycles. The quantitative estimate of drug-likeness (QED) is 0.779. The second kappa shape index (κ2) is 6.72. The highest BCUT2D eigenvalue weighted by molar-refractivity contribution is 5.07. The van der Waals surface area contributed by atoms with E-state index in [4.69, 9.17) is 4.74 Å². The van der Waals surface area contributed by atoms with Gasteiger partial charge in [0, 0.05) is 38.0 Å². The Balaban J connectivity index is 1.45. The number of nitrogens with zero attached hydrogens (tertiary/aromatic N) is 2. The Labute approximate surface area is 121 Å². The van der Waals surface area contributed by atoms with Crippen molar-refractivity contribution in [2.75, 3.05) is 13.2 Å². The molecule has 0 radical (unpaired) electrons. The summed E-state index contributed by atoms with van der Waals surface area (Å²) in [6, 6.07) is 1.10. The first kappa shape index (κ1) is 14.1. The van der Waals surface area contributed by atoms with Gasteiger partial charge in [-0.15, -0.1) is 0 Å². The highest BCUT2D eigenvalue weighted by atomic mass is 16.5. The summed E-state index contributed by atoms with van der Waals surface area (Å²) < 4.78 is 8.01. The third-order valence-corrected chi connectivity index (χ3v) is 4.46. The summed E-state index contributed by atoms with van der Waals surface area (Å²) >= 11 is 0. The second-order valence-corrected chi connectivity index (χ2v) is 6.43. The molecular weight excluding hydrogens is 250 g/mol. The number of aryl methyl sites for hydroxylation is 1. The molecule has 4 heteroatoms. The molecule has 0 bridgehead atoms. The molecule has 112 valence electrons. The summed E-state index contributed by atoms with van der Waals surface area (Å²) in [7, 11) is 0. The standard InChI is InChI=1S/C16H27N3O/c1-13-4-2-5-15(18-13)16-10-17-12-19(16)8-3-9-20-11-14-6-7-14/h10,12-15,18H,2-9,11H2,1H3.